The van der Waals surface area contributed by atoms with Gasteiger partial charge in [0.05, 0.1) is 6.10 Å². The zero-order valence-corrected chi connectivity index (χ0v) is 6.88. The van der Waals surface area contributed by atoms with E-state index in [2.05, 4.69) is 19.0 Å². The summed E-state index contributed by atoms with van der Waals surface area (Å²) in [6.07, 6.45) is 3.40. The van der Waals surface area contributed by atoms with Gasteiger partial charge < -0.3 is 10.0 Å². The number of aliphatic hydroxyl groups excluding tert-OH is 1. The van der Waals surface area contributed by atoms with Gasteiger partial charge in [0.2, 0.25) is 0 Å². The highest BCUT2D eigenvalue weighted by Crippen LogP contribution is 2.25. The molecule has 0 heterocycles. The van der Waals surface area contributed by atoms with Gasteiger partial charge in [0.25, 0.3) is 0 Å². The largest absolute Gasteiger partial charge is 0.393 e. The molecule has 0 aromatic rings. The molecule has 0 radical (unpaired) electrons. The van der Waals surface area contributed by atoms with E-state index < -0.39 is 0 Å². The average molecular weight is 143 g/mol. The first-order chi connectivity index (χ1) is 4.70. The van der Waals surface area contributed by atoms with Crippen LogP contribution in [0.5, 0.6) is 0 Å². The third-order valence-corrected chi connectivity index (χ3v) is 2.22. The molecule has 0 aliphatic heterocycles. The van der Waals surface area contributed by atoms with E-state index in [9.17, 15) is 5.11 Å². The molecule has 1 aliphatic carbocycles. The van der Waals surface area contributed by atoms with Crippen molar-refractivity contribution in [2.24, 2.45) is 5.92 Å². The molecule has 1 fully saturated rings. The third kappa shape index (κ3) is 1.96. The van der Waals surface area contributed by atoms with Gasteiger partial charge in [0.15, 0.2) is 0 Å². The van der Waals surface area contributed by atoms with E-state index in [4.69, 9.17) is 0 Å². The van der Waals surface area contributed by atoms with E-state index in [1.165, 1.54) is 12.8 Å². The fourth-order valence-electron chi connectivity index (χ4n) is 1.70. The van der Waals surface area contributed by atoms with Crippen LogP contribution in [0.4, 0.5) is 0 Å². The minimum atomic E-state index is -0.0256. The fourth-order valence-corrected chi connectivity index (χ4v) is 1.70. The first-order valence-corrected chi connectivity index (χ1v) is 4.03. The molecule has 1 aliphatic rings. The van der Waals surface area contributed by atoms with Gasteiger partial charge in [-0.1, -0.05) is 6.42 Å². The highest BCUT2D eigenvalue weighted by molar-refractivity contribution is 4.77. The van der Waals surface area contributed by atoms with Crippen LogP contribution in [0, 0.1) is 5.92 Å². The highest BCUT2D eigenvalue weighted by atomic mass is 16.3. The molecule has 1 saturated carbocycles. The lowest BCUT2D eigenvalue weighted by Crippen LogP contribution is -2.26. The molecular formula is C8H17NO. The van der Waals surface area contributed by atoms with E-state index in [-0.39, 0.29) is 6.10 Å². The summed E-state index contributed by atoms with van der Waals surface area (Å²) >= 11 is 0. The van der Waals surface area contributed by atoms with Crippen molar-refractivity contribution >= 4 is 0 Å². The molecule has 2 nitrogen and oxygen atoms in total. The van der Waals surface area contributed by atoms with Crippen LogP contribution in [-0.2, 0) is 0 Å². The van der Waals surface area contributed by atoms with Crippen LogP contribution in [0.2, 0.25) is 0 Å². The summed E-state index contributed by atoms with van der Waals surface area (Å²) in [5.41, 5.74) is 0. The van der Waals surface area contributed by atoms with Crippen LogP contribution in [0.15, 0.2) is 0 Å². The Balaban J connectivity index is 2.26. The van der Waals surface area contributed by atoms with Crippen molar-refractivity contribution in [3.8, 4) is 0 Å². The van der Waals surface area contributed by atoms with Gasteiger partial charge >= 0.3 is 0 Å². The second-order valence-electron chi connectivity index (χ2n) is 3.52. The van der Waals surface area contributed by atoms with Crippen LogP contribution in [0.3, 0.4) is 0 Å². The van der Waals surface area contributed by atoms with E-state index in [1.807, 2.05) is 0 Å². The van der Waals surface area contributed by atoms with Gasteiger partial charge in [-0.2, -0.15) is 0 Å². The fraction of sp³-hybridized carbons (Fsp3) is 1.00. The Labute approximate surface area is 62.8 Å². The Morgan fingerprint density at radius 1 is 1.40 bits per heavy atom. The van der Waals surface area contributed by atoms with Gasteiger partial charge in [0, 0.05) is 6.54 Å². The Hall–Kier alpha value is -0.0800. The molecular weight excluding hydrogens is 126 g/mol. The molecule has 1 N–H and O–H groups in total. The first kappa shape index (κ1) is 8.02. The van der Waals surface area contributed by atoms with Crippen molar-refractivity contribution in [1.82, 2.24) is 4.90 Å². The molecule has 2 heteroatoms. The van der Waals surface area contributed by atoms with Crippen molar-refractivity contribution < 1.29 is 5.11 Å². The number of hydrogen-bond acceptors (Lipinski definition) is 2. The van der Waals surface area contributed by atoms with Crippen LogP contribution in [0.1, 0.15) is 19.3 Å². The lowest BCUT2D eigenvalue weighted by atomic mass is 10.1. The highest BCUT2D eigenvalue weighted by Gasteiger charge is 2.24. The van der Waals surface area contributed by atoms with Gasteiger partial charge in [-0.15, -0.1) is 0 Å². The van der Waals surface area contributed by atoms with Crippen LogP contribution in [-0.4, -0.2) is 36.8 Å². The van der Waals surface area contributed by atoms with Crippen molar-refractivity contribution in [2.75, 3.05) is 20.6 Å². The van der Waals surface area contributed by atoms with Crippen molar-refractivity contribution in [1.29, 1.82) is 0 Å². The van der Waals surface area contributed by atoms with E-state index >= 15 is 0 Å². The summed E-state index contributed by atoms with van der Waals surface area (Å²) in [6, 6.07) is 0. The maximum absolute atomic E-state index is 9.41. The maximum atomic E-state index is 9.41. The lowest BCUT2D eigenvalue weighted by molar-refractivity contribution is 0.115. The van der Waals surface area contributed by atoms with Crippen LogP contribution < -0.4 is 0 Å². The number of rotatable bonds is 2. The van der Waals surface area contributed by atoms with Gasteiger partial charge in [0.1, 0.15) is 0 Å². The van der Waals surface area contributed by atoms with E-state index in [0.29, 0.717) is 5.92 Å². The predicted molar refractivity (Wildman–Crippen MR) is 41.9 cm³/mol. The normalized spacial score (nSPS) is 33.6. The van der Waals surface area contributed by atoms with Gasteiger partial charge in [-0.05, 0) is 32.9 Å². The van der Waals surface area contributed by atoms with Gasteiger partial charge in [-0.3, -0.25) is 0 Å². The molecule has 10 heavy (non-hydrogen) atoms. The lowest BCUT2D eigenvalue weighted by Gasteiger charge is -2.18. The molecule has 2 atom stereocenters. The molecule has 0 aromatic carbocycles. The second-order valence-corrected chi connectivity index (χ2v) is 3.52. The summed E-state index contributed by atoms with van der Waals surface area (Å²) in [4.78, 5) is 2.15. The topological polar surface area (TPSA) is 23.5 Å². The monoisotopic (exact) mass is 143 g/mol. The smallest absolute Gasteiger partial charge is 0.0580 e. The SMILES string of the molecule is CN(C)C[C@H]1CCC[C@@H]1O. The summed E-state index contributed by atoms with van der Waals surface area (Å²) in [6.45, 7) is 1.04. The molecule has 0 saturated heterocycles. The third-order valence-electron chi connectivity index (χ3n) is 2.22. The minimum Gasteiger partial charge on any atom is -0.393 e. The van der Waals surface area contributed by atoms with Crippen molar-refractivity contribution in [3.63, 3.8) is 0 Å². The molecule has 60 valence electrons. The Morgan fingerprint density at radius 3 is 2.50 bits per heavy atom. The summed E-state index contributed by atoms with van der Waals surface area (Å²) in [5, 5.41) is 9.41. The minimum absolute atomic E-state index is 0.0256. The Kier molecular flexibility index (Phi) is 2.69. The zero-order chi connectivity index (χ0) is 7.56. The summed E-state index contributed by atoms with van der Waals surface area (Å²) < 4.78 is 0. The van der Waals surface area contributed by atoms with Gasteiger partial charge in [-0.25, -0.2) is 0 Å². The standard InChI is InChI=1S/C8H17NO/c1-9(2)6-7-4-3-5-8(7)10/h7-8,10H,3-6H2,1-2H3/t7-,8+/m1/s1. The summed E-state index contributed by atoms with van der Waals surface area (Å²) in [7, 11) is 4.12. The maximum Gasteiger partial charge on any atom is 0.0580 e. The van der Waals surface area contributed by atoms with Crippen molar-refractivity contribution in [3.05, 3.63) is 0 Å². The molecule has 0 spiro atoms. The average Bonchev–Trinajstić information content (AvgIpc) is 2.15. The first-order valence-electron chi connectivity index (χ1n) is 4.03. The van der Waals surface area contributed by atoms with E-state index in [1.54, 1.807) is 0 Å². The number of nitrogens with zero attached hydrogens (tertiary/aromatic N) is 1. The number of hydrogen-bond donors (Lipinski definition) is 1. The van der Waals surface area contributed by atoms with Crippen LogP contribution in [0.25, 0.3) is 0 Å². The quantitative estimate of drug-likeness (QED) is 0.615. The predicted octanol–water partition coefficient (Wildman–Crippen LogP) is 0.709. The van der Waals surface area contributed by atoms with Crippen molar-refractivity contribution in [2.45, 2.75) is 25.4 Å². The Morgan fingerprint density at radius 2 is 2.10 bits per heavy atom. The second kappa shape index (κ2) is 3.35. The Bertz CT molecular complexity index is 103. The molecule has 0 bridgehead atoms. The summed E-state index contributed by atoms with van der Waals surface area (Å²) in [5.74, 6) is 0.537. The zero-order valence-electron chi connectivity index (χ0n) is 6.88. The van der Waals surface area contributed by atoms with E-state index in [0.717, 1.165) is 13.0 Å². The molecule has 1 rings (SSSR count). The molecule has 0 amide bonds. The van der Waals surface area contributed by atoms with Crippen LogP contribution >= 0.6 is 0 Å². The molecule has 0 unspecified atom stereocenters. The number of aliphatic hydroxyl groups is 1. The molecule has 0 aromatic heterocycles.